The lowest BCUT2D eigenvalue weighted by Gasteiger charge is -2.33. The fourth-order valence-electron chi connectivity index (χ4n) is 2.99. The molecule has 0 amide bonds. The van der Waals surface area contributed by atoms with E-state index >= 15 is 0 Å². The van der Waals surface area contributed by atoms with Crippen molar-refractivity contribution < 1.29 is 4.74 Å². The van der Waals surface area contributed by atoms with Crippen LogP contribution < -0.4 is 5.32 Å². The van der Waals surface area contributed by atoms with Gasteiger partial charge >= 0.3 is 0 Å². The molecule has 0 bridgehead atoms. The SMILES string of the molecule is CNC(CCCc1ccccc1)C1(C)CCCO1. The van der Waals surface area contributed by atoms with Gasteiger partial charge < -0.3 is 10.1 Å². The summed E-state index contributed by atoms with van der Waals surface area (Å²) in [4.78, 5) is 0. The van der Waals surface area contributed by atoms with Crippen molar-refractivity contribution in [1.29, 1.82) is 0 Å². The van der Waals surface area contributed by atoms with Gasteiger partial charge in [0.05, 0.1) is 5.60 Å². The normalized spacial score (nSPS) is 25.2. The summed E-state index contributed by atoms with van der Waals surface area (Å²) in [5, 5.41) is 3.45. The average Bonchev–Trinajstić information content (AvgIpc) is 2.84. The molecule has 1 saturated heterocycles. The minimum atomic E-state index is 0.0471. The van der Waals surface area contributed by atoms with Gasteiger partial charge in [-0.25, -0.2) is 0 Å². The number of aryl methyl sites for hydroxylation is 1. The molecule has 2 unspecified atom stereocenters. The van der Waals surface area contributed by atoms with Crippen molar-refractivity contribution in [3.8, 4) is 0 Å². The summed E-state index contributed by atoms with van der Waals surface area (Å²) in [6.07, 6.45) is 5.95. The Bertz CT molecular complexity index is 343. The van der Waals surface area contributed by atoms with Crippen LogP contribution in [-0.2, 0) is 11.2 Å². The fourth-order valence-corrected chi connectivity index (χ4v) is 2.99. The maximum Gasteiger partial charge on any atom is 0.0807 e. The van der Waals surface area contributed by atoms with Gasteiger partial charge in [0.15, 0.2) is 0 Å². The molecule has 0 aromatic heterocycles. The quantitative estimate of drug-likeness (QED) is 0.833. The molecule has 100 valence electrons. The van der Waals surface area contributed by atoms with Crippen molar-refractivity contribution in [3.05, 3.63) is 35.9 Å². The van der Waals surface area contributed by atoms with Crippen LogP contribution in [-0.4, -0.2) is 25.3 Å². The van der Waals surface area contributed by atoms with E-state index in [-0.39, 0.29) is 5.60 Å². The molecule has 2 heteroatoms. The molecule has 0 radical (unpaired) electrons. The van der Waals surface area contributed by atoms with Crippen LogP contribution in [0.2, 0.25) is 0 Å². The summed E-state index contributed by atoms with van der Waals surface area (Å²) in [5.41, 5.74) is 1.48. The van der Waals surface area contributed by atoms with Crippen molar-refractivity contribution in [2.45, 2.75) is 50.7 Å². The Balaban J connectivity index is 1.81. The highest BCUT2D eigenvalue weighted by atomic mass is 16.5. The zero-order valence-electron chi connectivity index (χ0n) is 11.6. The summed E-state index contributed by atoms with van der Waals surface area (Å²) in [5.74, 6) is 0. The Hall–Kier alpha value is -0.860. The third-order valence-corrected chi connectivity index (χ3v) is 4.14. The molecular weight excluding hydrogens is 222 g/mol. The van der Waals surface area contributed by atoms with Gasteiger partial charge in [0.1, 0.15) is 0 Å². The van der Waals surface area contributed by atoms with E-state index in [1.807, 2.05) is 0 Å². The van der Waals surface area contributed by atoms with Gasteiger partial charge in [-0.1, -0.05) is 30.3 Å². The topological polar surface area (TPSA) is 21.3 Å². The molecule has 1 N–H and O–H groups in total. The number of hydrogen-bond donors (Lipinski definition) is 1. The first kappa shape index (κ1) is 13.6. The number of rotatable bonds is 6. The second-order valence-corrected chi connectivity index (χ2v) is 5.48. The number of nitrogens with one attached hydrogen (secondary N) is 1. The van der Waals surface area contributed by atoms with Crippen LogP contribution in [0.5, 0.6) is 0 Å². The lowest BCUT2D eigenvalue weighted by molar-refractivity contribution is -0.0122. The van der Waals surface area contributed by atoms with Gasteiger partial charge in [-0.3, -0.25) is 0 Å². The highest BCUT2D eigenvalue weighted by Gasteiger charge is 2.36. The summed E-state index contributed by atoms with van der Waals surface area (Å²) < 4.78 is 5.93. The molecule has 0 saturated carbocycles. The van der Waals surface area contributed by atoms with E-state index in [0.29, 0.717) is 6.04 Å². The zero-order valence-corrected chi connectivity index (χ0v) is 11.6. The van der Waals surface area contributed by atoms with Crippen molar-refractivity contribution >= 4 is 0 Å². The van der Waals surface area contributed by atoms with Gasteiger partial charge in [0.25, 0.3) is 0 Å². The van der Waals surface area contributed by atoms with Crippen LogP contribution in [0.15, 0.2) is 30.3 Å². The smallest absolute Gasteiger partial charge is 0.0807 e. The largest absolute Gasteiger partial charge is 0.374 e. The minimum Gasteiger partial charge on any atom is -0.374 e. The molecule has 2 rings (SSSR count). The first-order chi connectivity index (χ1) is 8.74. The maximum atomic E-state index is 5.93. The first-order valence-electron chi connectivity index (χ1n) is 7.10. The summed E-state index contributed by atoms with van der Waals surface area (Å²) in [7, 11) is 2.06. The number of hydrogen-bond acceptors (Lipinski definition) is 2. The molecule has 1 aromatic carbocycles. The molecule has 0 spiro atoms. The molecular formula is C16H25NO. The van der Waals surface area contributed by atoms with E-state index < -0.39 is 0 Å². The van der Waals surface area contributed by atoms with Gasteiger partial charge in [-0.05, 0) is 51.6 Å². The summed E-state index contributed by atoms with van der Waals surface area (Å²) in [6, 6.07) is 11.2. The van der Waals surface area contributed by atoms with E-state index in [9.17, 15) is 0 Å². The number of benzene rings is 1. The molecule has 2 nitrogen and oxygen atoms in total. The minimum absolute atomic E-state index is 0.0471. The molecule has 18 heavy (non-hydrogen) atoms. The third-order valence-electron chi connectivity index (χ3n) is 4.14. The van der Waals surface area contributed by atoms with Crippen molar-refractivity contribution in [3.63, 3.8) is 0 Å². The van der Waals surface area contributed by atoms with Crippen molar-refractivity contribution in [2.24, 2.45) is 0 Å². The molecule has 0 aliphatic carbocycles. The molecule has 1 aliphatic heterocycles. The second kappa shape index (κ2) is 6.35. The summed E-state index contributed by atoms with van der Waals surface area (Å²) in [6.45, 7) is 3.18. The third kappa shape index (κ3) is 3.33. The Morgan fingerprint density at radius 1 is 1.33 bits per heavy atom. The zero-order chi connectivity index (χ0) is 12.8. The maximum absolute atomic E-state index is 5.93. The van der Waals surface area contributed by atoms with Crippen molar-refractivity contribution in [1.82, 2.24) is 5.32 Å². The second-order valence-electron chi connectivity index (χ2n) is 5.48. The predicted molar refractivity (Wildman–Crippen MR) is 75.8 cm³/mol. The van der Waals surface area contributed by atoms with Gasteiger partial charge in [-0.15, -0.1) is 0 Å². The number of likely N-dealkylation sites (N-methyl/N-ethyl adjacent to an activating group) is 1. The van der Waals surface area contributed by atoms with E-state index in [2.05, 4.69) is 49.6 Å². The van der Waals surface area contributed by atoms with E-state index in [1.165, 1.54) is 31.2 Å². The highest BCUT2D eigenvalue weighted by Crippen LogP contribution is 2.30. The van der Waals surface area contributed by atoms with Crippen LogP contribution in [0.25, 0.3) is 0 Å². The Morgan fingerprint density at radius 3 is 2.72 bits per heavy atom. The van der Waals surface area contributed by atoms with Crippen LogP contribution in [0, 0.1) is 0 Å². The van der Waals surface area contributed by atoms with Gasteiger partial charge in [0, 0.05) is 12.6 Å². The predicted octanol–water partition coefficient (Wildman–Crippen LogP) is 3.17. The molecule has 1 fully saturated rings. The Morgan fingerprint density at radius 2 is 2.11 bits per heavy atom. The fraction of sp³-hybridized carbons (Fsp3) is 0.625. The highest BCUT2D eigenvalue weighted by molar-refractivity contribution is 5.14. The molecule has 1 heterocycles. The monoisotopic (exact) mass is 247 g/mol. The van der Waals surface area contributed by atoms with Gasteiger partial charge in [0.2, 0.25) is 0 Å². The molecule has 2 atom stereocenters. The lowest BCUT2D eigenvalue weighted by atomic mass is 9.89. The van der Waals surface area contributed by atoms with Crippen LogP contribution in [0.4, 0.5) is 0 Å². The van der Waals surface area contributed by atoms with E-state index in [0.717, 1.165) is 13.0 Å². The standard InChI is InChI=1S/C16H25NO/c1-16(12-7-13-18-16)15(17-2)11-6-10-14-8-4-3-5-9-14/h3-5,8-9,15,17H,6-7,10-13H2,1-2H3. The van der Waals surface area contributed by atoms with E-state index in [4.69, 9.17) is 4.74 Å². The molecule has 1 aliphatic rings. The lowest BCUT2D eigenvalue weighted by Crippen LogP contribution is -2.47. The van der Waals surface area contributed by atoms with Crippen molar-refractivity contribution in [2.75, 3.05) is 13.7 Å². The average molecular weight is 247 g/mol. The van der Waals surface area contributed by atoms with Crippen LogP contribution >= 0.6 is 0 Å². The Kier molecular flexibility index (Phi) is 4.79. The number of ether oxygens (including phenoxy) is 1. The van der Waals surface area contributed by atoms with Crippen LogP contribution in [0.3, 0.4) is 0 Å². The molecule has 1 aromatic rings. The van der Waals surface area contributed by atoms with E-state index in [1.54, 1.807) is 0 Å². The first-order valence-corrected chi connectivity index (χ1v) is 7.10. The van der Waals surface area contributed by atoms with Crippen LogP contribution in [0.1, 0.15) is 38.2 Å². The summed E-state index contributed by atoms with van der Waals surface area (Å²) >= 11 is 0. The van der Waals surface area contributed by atoms with Gasteiger partial charge in [-0.2, -0.15) is 0 Å². The Labute approximate surface area is 111 Å².